The molecule has 0 spiro atoms. The van der Waals surface area contributed by atoms with Gasteiger partial charge in [-0.15, -0.1) is 24.0 Å². The summed E-state index contributed by atoms with van der Waals surface area (Å²) in [7, 11) is 1.84. The predicted octanol–water partition coefficient (Wildman–Crippen LogP) is 1.50. The number of carbonyl (C=O) groups is 1. The molecule has 0 radical (unpaired) electrons. The molecule has 2 saturated heterocycles. The average Bonchev–Trinajstić information content (AvgIpc) is 2.51. The summed E-state index contributed by atoms with van der Waals surface area (Å²) in [6.45, 7) is 8.65. The van der Waals surface area contributed by atoms with Crippen molar-refractivity contribution in [2.75, 3.05) is 46.3 Å². The summed E-state index contributed by atoms with van der Waals surface area (Å²) in [5, 5.41) is 3.49. The number of halogens is 1. The molecular formula is C17H34IN5O. The average molecular weight is 451 g/mol. The standard InChI is InChI=1S/C17H33N5O.HI/c1-14-5-3-8-21(12-14)10-7-20-17(19-2)22-9-4-6-15(13-22)11-16(18)23;/h14-15H,3-13H2,1-2H3,(H2,18,23)(H,19,20);1H. The van der Waals surface area contributed by atoms with E-state index in [0.29, 0.717) is 12.3 Å². The second-order valence-electron chi connectivity index (χ2n) is 7.15. The first-order chi connectivity index (χ1) is 11.1. The first kappa shape index (κ1) is 21.5. The Kier molecular flexibility index (Phi) is 9.95. The maximum atomic E-state index is 11.1. The number of rotatable bonds is 5. The lowest BCUT2D eigenvalue weighted by molar-refractivity contribution is -0.119. The van der Waals surface area contributed by atoms with Crippen LogP contribution in [0, 0.1) is 11.8 Å². The van der Waals surface area contributed by atoms with Crippen molar-refractivity contribution >= 4 is 35.8 Å². The van der Waals surface area contributed by atoms with Crippen molar-refractivity contribution in [3.05, 3.63) is 0 Å². The molecule has 0 aromatic carbocycles. The fourth-order valence-electron chi connectivity index (χ4n) is 3.86. The molecule has 0 aliphatic carbocycles. The zero-order valence-electron chi connectivity index (χ0n) is 15.2. The Labute approximate surface area is 163 Å². The topological polar surface area (TPSA) is 74.0 Å². The molecule has 140 valence electrons. The Bertz CT molecular complexity index is 418. The van der Waals surface area contributed by atoms with E-state index in [-0.39, 0.29) is 29.9 Å². The molecule has 2 heterocycles. The summed E-state index contributed by atoms with van der Waals surface area (Å²) in [4.78, 5) is 20.4. The van der Waals surface area contributed by atoms with Gasteiger partial charge in [0.05, 0.1) is 0 Å². The number of guanidine groups is 1. The van der Waals surface area contributed by atoms with Gasteiger partial charge in [-0.3, -0.25) is 9.79 Å². The summed E-state index contributed by atoms with van der Waals surface area (Å²) < 4.78 is 0. The van der Waals surface area contributed by atoms with Crippen LogP contribution in [0.15, 0.2) is 4.99 Å². The summed E-state index contributed by atoms with van der Waals surface area (Å²) in [5.74, 6) is 1.95. The van der Waals surface area contributed by atoms with Gasteiger partial charge in [0.1, 0.15) is 0 Å². The number of hydrogen-bond donors (Lipinski definition) is 2. The lowest BCUT2D eigenvalue weighted by atomic mass is 9.95. The van der Waals surface area contributed by atoms with Crippen LogP contribution in [0.4, 0.5) is 0 Å². The van der Waals surface area contributed by atoms with Gasteiger partial charge >= 0.3 is 0 Å². The minimum Gasteiger partial charge on any atom is -0.370 e. The lowest BCUT2D eigenvalue weighted by Gasteiger charge is -2.35. The smallest absolute Gasteiger partial charge is 0.217 e. The molecule has 3 N–H and O–H groups in total. The third-order valence-corrected chi connectivity index (χ3v) is 4.97. The largest absolute Gasteiger partial charge is 0.370 e. The number of nitrogens with zero attached hydrogens (tertiary/aromatic N) is 3. The van der Waals surface area contributed by atoms with Crippen LogP contribution >= 0.6 is 24.0 Å². The maximum absolute atomic E-state index is 11.1. The van der Waals surface area contributed by atoms with E-state index in [9.17, 15) is 4.79 Å². The van der Waals surface area contributed by atoms with Crippen molar-refractivity contribution in [3.63, 3.8) is 0 Å². The van der Waals surface area contributed by atoms with E-state index in [2.05, 4.69) is 27.0 Å². The molecule has 0 bridgehead atoms. The van der Waals surface area contributed by atoms with Crippen molar-refractivity contribution in [3.8, 4) is 0 Å². The SMILES string of the molecule is CN=C(NCCN1CCCC(C)C1)N1CCCC(CC(N)=O)C1.I. The second kappa shape index (κ2) is 11.1. The molecule has 0 aromatic heterocycles. The minimum atomic E-state index is -0.195. The summed E-state index contributed by atoms with van der Waals surface area (Å²) >= 11 is 0. The van der Waals surface area contributed by atoms with E-state index < -0.39 is 0 Å². The van der Waals surface area contributed by atoms with Gasteiger partial charge in [-0.05, 0) is 44.1 Å². The van der Waals surface area contributed by atoms with Gasteiger partial charge in [0, 0.05) is 46.2 Å². The molecule has 2 unspecified atom stereocenters. The maximum Gasteiger partial charge on any atom is 0.217 e. The molecule has 7 heteroatoms. The summed E-state index contributed by atoms with van der Waals surface area (Å²) in [6.07, 6.45) is 5.35. The highest BCUT2D eigenvalue weighted by Crippen LogP contribution is 2.19. The lowest BCUT2D eigenvalue weighted by Crippen LogP contribution is -2.49. The second-order valence-corrected chi connectivity index (χ2v) is 7.15. The number of piperidine rings is 2. The zero-order valence-corrected chi connectivity index (χ0v) is 17.5. The van der Waals surface area contributed by atoms with Gasteiger partial charge in [0.15, 0.2) is 5.96 Å². The number of hydrogen-bond acceptors (Lipinski definition) is 3. The van der Waals surface area contributed by atoms with Crippen LogP contribution in [0.5, 0.6) is 0 Å². The summed E-state index contributed by atoms with van der Waals surface area (Å²) in [6, 6.07) is 0. The van der Waals surface area contributed by atoms with Gasteiger partial charge in [0.25, 0.3) is 0 Å². The Morgan fingerprint density at radius 2 is 2.00 bits per heavy atom. The monoisotopic (exact) mass is 451 g/mol. The van der Waals surface area contributed by atoms with E-state index in [1.54, 1.807) is 0 Å². The third-order valence-electron chi connectivity index (χ3n) is 4.97. The number of likely N-dealkylation sites (tertiary alicyclic amines) is 2. The number of primary amides is 1. The first-order valence-corrected chi connectivity index (χ1v) is 9.04. The molecular weight excluding hydrogens is 417 g/mol. The van der Waals surface area contributed by atoms with Crippen molar-refractivity contribution in [1.29, 1.82) is 0 Å². The Morgan fingerprint density at radius 1 is 1.25 bits per heavy atom. The van der Waals surface area contributed by atoms with E-state index in [4.69, 9.17) is 5.73 Å². The van der Waals surface area contributed by atoms with Crippen molar-refractivity contribution < 1.29 is 4.79 Å². The predicted molar refractivity (Wildman–Crippen MR) is 110 cm³/mol. The number of nitrogens with two attached hydrogens (primary N) is 1. The highest BCUT2D eigenvalue weighted by Gasteiger charge is 2.23. The highest BCUT2D eigenvalue weighted by molar-refractivity contribution is 14.0. The Balaban J connectivity index is 0.00000288. The van der Waals surface area contributed by atoms with Crippen molar-refractivity contribution in [2.24, 2.45) is 22.6 Å². The first-order valence-electron chi connectivity index (χ1n) is 9.04. The van der Waals surface area contributed by atoms with Gasteiger partial charge in [-0.2, -0.15) is 0 Å². The van der Waals surface area contributed by atoms with Crippen LogP contribution in [0.1, 0.15) is 39.0 Å². The highest BCUT2D eigenvalue weighted by atomic mass is 127. The van der Waals surface area contributed by atoms with E-state index in [1.165, 1.54) is 25.9 Å². The van der Waals surface area contributed by atoms with Crippen molar-refractivity contribution in [2.45, 2.75) is 39.0 Å². The van der Waals surface area contributed by atoms with Gasteiger partial charge < -0.3 is 20.9 Å². The molecule has 6 nitrogen and oxygen atoms in total. The van der Waals surface area contributed by atoms with Crippen LogP contribution in [0.25, 0.3) is 0 Å². The summed E-state index contributed by atoms with van der Waals surface area (Å²) in [5.41, 5.74) is 5.34. The molecule has 0 aromatic rings. The Hall–Kier alpha value is -0.570. The van der Waals surface area contributed by atoms with E-state index >= 15 is 0 Å². The van der Waals surface area contributed by atoms with E-state index in [0.717, 1.165) is 50.9 Å². The number of aliphatic imine (C=N–C) groups is 1. The molecule has 24 heavy (non-hydrogen) atoms. The number of carbonyl (C=O) groups excluding carboxylic acids is 1. The Morgan fingerprint density at radius 3 is 2.67 bits per heavy atom. The molecule has 2 aliphatic heterocycles. The van der Waals surface area contributed by atoms with Crippen LogP contribution < -0.4 is 11.1 Å². The molecule has 1 amide bonds. The molecule has 2 atom stereocenters. The fourth-order valence-corrected chi connectivity index (χ4v) is 3.86. The molecule has 2 rings (SSSR count). The van der Waals surface area contributed by atoms with Gasteiger partial charge in [0.2, 0.25) is 5.91 Å². The number of amides is 1. The van der Waals surface area contributed by atoms with Crippen LogP contribution in [-0.2, 0) is 4.79 Å². The minimum absolute atomic E-state index is 0. The molecule has 2 fully saturated rings. The zero-order chi connectivity index (χ0) is 16.7. The van der Waals surface area contributed by atoms with Crippen LogP contribution in [0.3, 0.4) is 0 Å². The van der Waals surface area contributed by atoms with Gasteiger partial charge in [-0.1, -0.05) is 6.92 Å². The third kappa shape index (κ3) is 7.13. The fraction of sp³-hybridized carbons (Fsp3) is 0.882. The van der Waals surface area contributed by atoms with Crippen molar-refractivity contribution in [1.82, 2.24) is 15.1 Å². The van der Waals surface area contributed by atoms with Gasteiger partial charge in [-0.25, -0.2) is 0 Å². The normalized spacial score (nSPS) is 25.9. The number of nitrogens with one attached hydrogen (secondary N) is 1. The van der Waals surface area contributed by atoms with E-state index in [1.807, 2.05) is 7.05 Å². The van der Waals surface area contributed by atoms with Crippen LogP contribution in [-0.4, -0.2) is 68.0 Å². The quantitative estimate of drug-likeness (QED) is 0.378. The van der Waals surface area contributed by atoms with Crippen LogP contribution in [0.2, 0.25) is 0 Å². The molecule has 2 aliphatic rings. The molecule has 0 saturated carbocycles.